The zero-order valence-corrected chi connectivity index (χ0v) is 16.5. The quantitative estimate of drug-likeness (QED) is 0.699. The van der Waals surface area contributed by atoms with Gasteiger partial charge in [-0.3, -0.25) is 9.59 Å². The average molecular weight is 403 g/mol. The molecule has 2 aromatic heterocycles. The average Bonchev–Trinajstić information content (AvgIpc) is 3.20. The molecule has 0 saturated carbocycles. The van der Waals surface area contributed by atoms with E-state index in [9.17, 15) is 9.59 Å². The van der Waals surface area contributed by atoms with Crippen molar-refractivity contribution in [3.05, 3.63) is 34.2 Å². The Hall–Kier alpha value is -2.65. The Bertz CT molecular complexity index is 1060. The summed E-state index contributed by atoms with van der Waals surface area (Å²) in [6.07, 6.45) is 0.627. The number of thiazole rings is 1. The number of carbonyl (C=O) groups excluding carboxylic acids is 2. The van der Waals surface area contributed by atoms with Gasteiger partial charge in [-0.1, -0.05) is 11.3 Å². The van der Waals surface area contributed by atoms with Gasteiger partial charge in [0.05, 0.1) is 29.4 Å². The van der Waals surface area contributed by atoms with E-state index in [0.29, 0.717) is 35.2 Å². The van der Waals surface area contributed by atoms with Crippen LogP contribution in [0.2, 0.25) is 0 Å². The minimum Gasteiger partial charge on any atom is -0.497 e. The van der Waals surface area contributed by atoms with Crippen molar-refractivity contribution in [2.45, 2.75) is 19.9 Å². The minimum atomic E-state index is -0.464. The molecule has 0 unspecified atom stereocenters. The van der Waals surface area contributed by atoms with Gasteiger partial charge in [0.2, 0.25) is 5.91 Å². The van der Waals surface area contributed by atoms with Gasteiger partial charge in [-0.2, -0.15) is 0 Å². The second-order valence-electron chi connectivity index (χ2n) is 6.24. The second kappa shape index (κ2) is 6.82. The summed E-state index contributed by atoms with van der Waals surface area (Å²) in [6.45, 7) is 2.66. The maximum Gasteiger partial charge on any atom is 0.251 e. The topological polar surface area (TPSA) is 97.5 Å². The number of rotatable bonds is 4. The summed E-state index contributed by atoms with van der Waals surface area (Å²) in [6, 6.07) is 5.71. The van der Waals surface area contributed by atoms with Gasteiger partial charge in [0, 0.05) is 24.4 Å². The van der Waals surface area contributed by atoms with Crippen molar-refractivity contribution in [2.24, 2.45) is 5.73 Å². The SMILES string of the molecule is COc1ccc2sc(Nc3sc4c(c3C(N)=O)CCN(C(C)=O)C4)nc2c1. The summed E-state index contributed by atoms with van der Waals surface area (Å²) in [7, 11) is 1.62. The number of anilines is 2. The number of primary amides is 1. The first-order valence-corrected chi connectivity index (χ1v) is 10.0. The second-order valence-corrected chi connectivity index (χ2v) is 8.38. The minimum absolute atomic E-state index is 0.0318. The zero-order chi connectivity index (χ0) is 19.1. The molecular weight excluding hydrogens is 384 g/mol. The maximum atomic E-state index is 12.1. The van der Waals surface area contributed by atoms with E-state index < -0.39 is 5.91 Å². The number of hydrogen-bond acceptors (Lipinski definition) is 7. The van der Waals surface area contributed by atoms with Crippen molar-refractivity contribution in [2.75, 3.05) is 19.0 Å². The van der Waals surface area contributed by atoms with E-state index in [2.05, 4.69) is 10.3 Å². The van der Waals surface area contributed by atoms with Crippen molar-refractivity contribution in [3.8, 4) is 5.75 Å². The third kappa shape index (κ3) is 3.24. The van der Waals surface area contributed by atoms with E-state index in [1.807, 2.05) is 18.2 Å². The number of nitrogens with one attached hydrogen (secondary N) is 1. The van der Waals surface area contributed by atoms with Gasteiger partial charge in [-0.25, -0.2) is 4.98 Å². The smallest absolute Gasteiger partial charge is 0.251 e. The third-order valence-corrected chi connectivity index (χ3v) is 6.65. The summed E-state index contributed by atoms with van der Waals surface area (Å²) in [5, 5.41) is 4.63. The number of carbonyl (C=O) groups is 2. The lowest BCUT2D eigenvalue weighted by Gasteiger charge is -2.25. The Morgan fingerprint density at radius 2 is 2.15 bits per heavy atom. The predicted molar refractivity (Wildman–Crippen MR) is 107 cm³/mol. The van der Waals surface area contributed by atoms with Gasteiger partial charge in [0.1, 0.15) is 10.8 Å². The Balaban J connectivity index is 1.70. The normalized spacial score (nSPS) is 13.5. The third-order valence-electron chi connectivity index (χ3n) is 4.56. The first-order valence-electron chi connectivity index (χ1n) is 8.37. The number of amides is 2. The fourth-order valence-corrected chi connectivity index (χ4v) is 5.39. The Kier molecular flexibility index (Phi) is 4.48. The van der Waals surface area contributed by atoms with Gasteiger partial charge in [0.25, 0.3) is 5.91 Å². The number of nitrogens with two attached hydrogens (primary N) is 1. The first-order chi connectivity index (χ1) is 13.0. The van der Waals surface area contributed by atoms with Gasteiger partial charge >= 0.3 is 0 Å². The number of hydrogen-bond donors (Lipinski definition) is 2. The molecule has 1 aromatic carbocycles. The van der Waals surface area contributed by atoms with Crippen molar-refractivity contribution in [3.63, 3.8) is 0 Å². The molecule has 9 heteroatoms. The highest BCUT2D eigenvalue weighted by Crippen LogP contribution is 2.40. The van der Waals surface area contributed by atoms with Crippen LogP contribution in [0.15, 0.2) is 18.2 Å². The molecule has 0 spiro atoms. The van der Waals surface area contributed by atoms with Crippen LogP contribution in [-0.2, 0) is 17.8 Å². The number of fused-ring (bicyclic) bond motifs is 2. The Morgan fingerprint density at radius 1 is 1.33 bits per heavy atom. The molecular formula is C18H18N4O3S2. The first kappa shape index (κ1) is 17.7. The molecule has 0 aliphatic carbocycles. The van der Waals surface area contributed by atoms with E-state index in [4.69, 9.17) is 10.5 Å². The molecule has 0 radical (unpaired) electrons. The molecule has 0 saturated heterocycles. The summed E-state index contributed by atoms with van der Waals surface area (Å²) >= 11 is 2.96. The van der Waals surface area contributed by atoms with Crippen LogP contribution in [-0.4, -0.2) is 35.4 Å². The largest absolute Gasteiger partial charge is 0.497 e. The highest BCUT2D eigenvalue weighted by Gasteiger charge is 2.28. The predicted octanol–water partition coefficient (Wildman–Crippen LogP) is 3.11. The van der Waals surface area contributed by atoms with Crippen molar-refractivity contribution in [1.82, 2.24) is 9.88 Å². The van der Waals surface area contributed by atoms with Gasteiger partial charge in [0.15, 0.2) is 5.13 Å². The molecule has 4 rings (SSSR count). The van der Waals surface area contributed by atoms with Crippen LogP contribution in [0.4, 0.5) is 10.1 Å². The Labute approximate surface area is 163 Å². The lowest BCUT2D eigenvalue weighted by Crippen LogP contribution is -2.34. The number of methoxy groups -OCH3 is 1. The summed E-state index contributed by atoms with van der Waals surface area (Å²) in [5.74, 6) is 0.312. The highest BCUT2D eigenvalue weighted by atomic mass is 32.1. The van der Waals surface area contributed by atoms with Gasteiger partial charge in [-0.05, 0) is 24.1 Å². The van der Waals surface area contributed by atoms with E-state index in [1.165, 1.54) is 22.7 Å². The number of aromatic nitrogens is 1. The lowest BCUT2D eigenvalue weighted by molar-refractivity contribution is -0.129. The molecule has 140 valence electrons. The molecule has 0 bridgehead atoms. The number of benzene rings is 1. The number of nitrogens with zero attached hydrogens (tertiary/aromatic N) is 2. The molecule has 1 aliphatic rings. The van der Waals surface area contributed by atoms with Crippen LogP contribution in [0.1, 0.15) is 27.7 Å². The zero-order valence-electron chi connectivity index (χ0n) is 14.9. The number of thiophene rings is 1. The van der Waals surface area contributed by atoms with Gasteiger partial charge < -0.3 is 20.7 Å². The van der Waals surface area contributed by atoms with Crippen LogP contribution in [0.25, 0.3) is 10.2 Å². The molecule has 3 aromatic rings. The summed E-state index contributed by atoms with van der Waals surface area (Å²) < 4.78 is 6.25. The maximum absolute atomic E-state index is 12.1. The van der Waals surface area contributed by atoms with E-state index in [-0.39, 0.29) is 5.91 Å². The van der Waals surface area contributed by atoms with Crippen LogP contribution in [0.3, 0.4) is 0 Å². The van der Waals surface area contributed by atoms with Crippen molar-refractivity contribution >= 4 is 54.8 Å². The Morgan fingerprint density at radius 3 is 2.85 bits per heavy atom. The van der Waals surface area contributed by atoms with Crippen LogP contribution in [0, 0.1) is 0 Å². The monoisotopic (exact) mass is 402 g/mol. The fraction of sp³-hybridized carbons (Fsp3) is 0.278. The van der Waals surface area contributed by atoms with E-state index >= 15 is 0 Å². The van der Waals surface area contributed by atoms with Crippen LogP contribution >= 0.6 is 22.7 Å². The molecule has 1 aliphatic heterocycles. The molecule has 7 nitrogen and oxygen atoms in total. The fourth-order valence-electron chi connectivity index (χ4n) is 3.21. The summed E-state index contributed by atoms with van der Waals surface area (Å²) in [5.41, 5.74) is 7.93. The van der Waals surface area contributed by atoms with Gasteiger partial charge in [-0.15, -0.1) is 11.3 Å². The van der Waals surface area contributed by atoms with Crippen molar-refractivity contribution < 1.29 is 14.3 Å². The van der Waals surface area contributed by atoms with Crippen molar-refractivity contribution in [1.29, 1.82) is 0 Å². The molecule has 0 atom stereocenters. The molecule has 3 N–H and O–H groups in total. The van der Waals surface area contributed by atoms with E-state index in [0.717, 1.165) is 26.4 Å². The number of ether oxygens (including phenoxy) is 1. The molecule has 0 fully saturated rings. The van der Waals surface area contributed by atoms with Crippen LogP contribution in [0.5, 0.6) is 5.75 Å². The molecule has 2 amide bonds. The van der Waals surface area contributed by atoms with Crippen LogP contribution < -0.4 is 15.8 Å². The molecule has 27 heavy (non-hydrogen) atoms. The summed E-state index contributed by atoms with van der Waals surface area (Å²) in [4.78, 5) is 31.1. The lowest BCUT2D eigenvalue weighted by atomic mass is 10.0. The van der Waals surface area contributed by atoms with E-state index in [1.54, 1.807) is 18.9 Å². The molecule has 3 heterocycles. The standard InChI is InChI=1S/C18H18N4O3S2/c1-9(23)22-6-5-11-14(8-22)26-17(15(11)16(19)24)21-18-20-12-7-10(25-2)3-4-13(12)27-18/h3-4,7H,5-6,8H2,1-2H3,(H2,19,24)(H,20,21). The highest BCUT2D eigenvalue weighted by molar-refractivity contribution is 7.23.